The molecular formula is C40H60ClP. The quantitative estimate of drug-likeness (QED) is 0.0572. The minimum atomic E-state index is -0.585. The van der Waals surface area contributed by atoms with Crippen LogP contribution in [0.4, 0.5) is 0 Å². The van der Waals surface area contributed by atoms with E-state index in [1.165, 1.54) is 132 Å². The number of alkyl halides is 1. The first-order valence-corrected chi connectivity index (χ1v) is 17.5. The van der Waals surface area contributed by atoms with Crippen LogP contribution in [-0.2, 0) is 4.87 Å². The summed E-state index contributed by atoms with van der Waals surface area (Å²) >= 11 is 7.77. The Balaban J connectivity index is 0.00000616. The predicted octanol–water partition coefficient (Wildman–Crippen LogP) is 13.4. The molecule has 0 amide bonds. The van der Waals surface area contributed by atoms with E-state index in [4.69, 9.17) is 11.6 Å². The zero-order valence-electron chi connectivity index (χ0n) is 26.8. The molecule has 2 atom stereocenters. The molecule has 0 heterocycles. The summed E-state index contributed by atoms with van der Waals surface area (Å²) in [5, 5.41) is 0. The van der Waals surface area contributed by atoms with Gasteiger partial charge in [0, 0.05) is 5.92 Å². The fraction of sp³-hybridized carbons (Fsp3) is 0.550. The molecule has 0 saturated carbocycles. The highest BCUT2D eigenvalue weighted by Crippen LogP contribution is 2.50. The Hall–Kier alpha value is -1.62. The molecule has 0 radical (unpaired) electrons. The number of benzene rings is 3. The van der Waals surface area contributed by atoms with Crippen LogP contribution in [0.1, 0.15) is 152 Å². The lowest BCUT2D eigenvalue weighted by Gasteiger charge is -2.37. The van der Waals surface area contributed by atoms with Crippen LogP contribution in [-0.4, -0.2) is 0 Å². The van der Waals surface area contributed by atoms with Crippen molar-refractivity contribution in [1.82, 2.24) is 0 Å². The van der Waals surface area contributed by atoms with Gasteiger partial charge in [-0.1, -0.05) is 213 Å². The maximum absolute atomic E-state index is 7.77. The average molecular weight is 607 g/mol. The van der Waals surface area contributed by atoms with Gasteiger partial charge in [0.15, 0.2) is 0 Å². The molecule has 42 heavy (non-hydrogen) atoms. The number of rotatable bonds is 23. The van der Waals surface area contributed by atoms with E-state index in [1.807, 2.05) is 0 Å². The summed E-state index contributed by atoms with van der Waals surface area (Å²) in [5.74, 6) is 0.219. The Morgan fingerprint density at radius 3 is 1.12 bits per heavy atom. The van der Waals surface area contributed by atoms with E-state index in [1.54, 1.807) is 0 Å². The summed E-state index contributed by atoms with van der Waals surface area (Å²) < 4.78 is 0. The summed E-state index contributed by atoms with van der Waals surface area (Å²) in [6, 6.07) is 32.4. The Morgan fingerprint density at radius 2 is 0.762 bits per heavy atom. The van der Waals surface area contributed by atoms with E-state index in [0.717, 1.165) is 6.42 Å². The van der Waals surface area contributed by atoms with Crippen LogP contribution >= 0.6 is 21.5 Å². The molecule has 3 aromatic rings. The van der Waals surface area contributed by atoms with Crippen molar-refractivity contribution in [2.24, 2.45) is 0 Å². The molecule has 3 aromatic carbocycles. The summed E-state index contributed by atoms with van der Waals surface area (Å²) in [6.07, 6.45) is 26.4. The molecule has 0 aliphatic carbocycles. The minimum absolute atomic E-state index is 0. The van der Waals surface area contributed by atoms with Crippen LogP contribution in [0.2, 0.25) is 0 Å². The highest BCUT2D eigenvalue weighted by atomic mass is 35.5. The van der Waals surface area contributed by atoms with Gasteiger partial charge in [-0.05, 0) is 23.1 Å². The van der Waals surface area contributed by atoms with E-state index in [9.17, 15) is 0 Å². The van der Waals surface area contributed by atoms with Gasteiger partial charge >= 0.3 is 0 Å². The Morgan fingerprint density at radius 1 is 0.452 bits per heavy atom. The van der Waals surface area contributed by atoms with Crippen LogP contribution in [0.25, 0.3) is 0 Å². The molecule has 232 valence electrons. The fourth-order valence-electron chi connectivity index (χ4n) is 6.46. The fourth-order valence-corrected chi connectivity index (χ4v) is 6.95. The van der Waals surface area contributed by atoms with E-state index < -0.39 is 4.87 Å². The maximum Gasteiger partial charge on any atom is 0.101 e. The second-order valence-electron chi connectivity index (χ2n) is 12.2. The van der Waals surface area contributed by atoms with Gasteiger partial charge in [-0.2, -0.15) is 9.90 Å². The highest BCUT2D eigenvalue weighted by molar-refractivity contribution is 6.92. The standard InChI is InChI=1S/C40H57Cl.H3P/c1-2-3-4-5-6-7-8-9-10-11-12-13-14-15-16-17-18-28-35-39(36-29-22-19-23-30-36)40(41,37-31-24-20-25-32-37)38-33-26-21-27-34-38;/h19-27,29-34,39H,2-18,28,35H2,1H3;1H3. The van der Waals surface area contributed by atoms with Crippen LogP contribution < -0.4 is 0 Å². The molecule has 2 heteroatoms. The van der Waals surface area contributed by atoms with Gasteiger partial charge in [0.2, 0.25) is 0 Å². The van der Waals surface area contributed by atoms with Crippen molar-refractivity contribution in [1.29, 1.82) is 0 Å². The van der Waals surface area contributed by atoms with Crippen molar-refractivity contribution in [2.45, 2.75) is 140 Å². The lowest BCUT2D eigenvalue weighted by molar-refractivity contribution is 0.470. The molecule has 0 aromatic heterocycles. The van der Waals surface area contributed by atoms with Crippen LogP contribution in [0.5, 0.6) is 0 Å². The van der Waals surface area contributed by atoms with Crippen LogP contribution in [0.15, 0.2) is 91.0 Å². The first-order valence-electron chi connectivity index (χ1n) is 17.1. The third-order valence-corrected chi connectivity index (χ3v) is 9.62. The summed E-state index contributed by atoms with van der Waals surface area (Å²) in [7, 11) is 0. The van der Waals surface area contributed by atoms with E-state index in [-0.39, 0.29) is 15.8 Å². The molecule has 0 nitrogen and oxygen atoms in total. The number of halogens is 1. The average Bonchev–Trinajstić information content (AvgIpc) is 3.03. The number of hydrogen-bond donors (Lipinski definition) is 0. The topological polar surface area (TPSA) is 0 Å². The summed E-state index contributed by atoms with van der Waals surface area (Å²) in [4.78, 5) is -0.585. The van der Waals surface area contributed by atoms with E-state index >= 15 is 0 Å². The zero-order chi connectivity index (χ0) is 28.9. The van der Waals surface area contributed by atoms with Gasteiger partial charge in [-0.15, -0.1) is 11.6 Å². The lowest BCUT2D eigenvalue weighted by Crippen LogP contribution is -2.29. The van der Waals surface area contributed by atoms with Crippen molar-refractivity contribution in [3.63, 3.8) is 0 Å². The molecule has 0 saturated heterocycles. The summed E-state index contributed by atoms with van der Waals surface area (Å²) in [5.41, 5.74) is 3.70. The molecule has 2 unspecified atom stereocenters. The van der Waals surface area contributed by atoms with Crippen molar-refractivity contribution < 1.29 is 0 Å². The monoisotopic (exact) mass is 606 g/mol. The Kier molecular flexibility index (Phi) is 19.9. The Labute approximate surface area is 268 Å². The van der Waals surface area contributed by atoms with E-state index in [0.29, 0.717) is 0 Å². The second kappa shape index (κ2) is 22.9. The zero-order valence-corrected chi connectivity index (χ0v) is 28.9. The minimum Gasteiger partial charge on any atom is -0.153 e. The predicted molar refractivity (Wildman–Crippen MR) is 193 cm³/mol. The van der Waals surface area contributed by atoms with Crippen LogP contribution in [0, 0.1) is 0 Å². The van der Waals surface area contributed by atoms with Crippen molar-refractivity contribution in [3.8, 4) is 0 Å². The molecule has 0 aliphatic heterocycles. The normalized spacial score (nSPS) is 12.1. The molecule has 0 fully saturated rings. The first kappa shape index (κ1) is 36.6. The SMILES string of the molecule is CCCCCCCCCCCCCCCCCCCCC(c1ccccc1)C(Cl)(c1ccccc1)c1ccccc1.P. The summed E-state index contributed by atoms with van der Waals surface area (Å²) in [6.45, 7) is 2.30. The first-order chi connectivity index (χ1) is 20.3. The molecule has 0 bridgehead atoms. The molecule has 0 N–H and O–H groups in total. The van der Waals surface area contributed by atoms with Gasteiger partial charge in [0.25, 0.3) is 0 Å². The van der Waals surface area contributed by atoms with E-state index in [2.05, 4.69) is 97.9 Å². The van der Waals surface area contributed by atoms with Gasteiger partial charge in [-0.3, -0.25) is 0 Å². The van der Waals surface area contributed by atoms with Gasteiger partial charge in [-0.25, -0.2) is 0 Å². The Bertz CT molecular complexity index is 964. The second-order valence-corrected chi connectivity index (χ2v) is 12.8. The van der Waals surface area contributed by atoms with Crippen molar-refractivity contribution in [3.05, 3.63) is 108 Å². The smallest absolute Gasteiger partial charge is 0.101 e. The van der Waals surface area contributed by atoms with Gasteiger partial charge < -0.3 is 0 Å². The number of unbranched alkanes of at least 4 members (excludes halogenated alkanes) is 17. The van der Waals surface area contributed by atoms with Crippen LogP contribution in [0.3, 0.4) is 0 Å². The maximum atomic E-state index is 7.77. The van der Waals surface area contributed by atoms with Crippen molar-refractivity contribution in [2.75, 3.05) is 0 Å². The van der Waals surface area contributed by atoms with Gasteiger partial charge in [0.05, 0.1) is 0 Å². The lowest BCUT2D eigenvalue weighted by atomic mass is 9.74. The van der Waals surface area contributed by atoms with Gasteiger partial charge in [0.1, 0.15) is 4.87 Å². The van der Waals surface area contributed by atoms with Crippen molar-refractivity contribution >= 4 is 21.5 Å². The third kappa shape index (κ3) is 12.9. The third-order valence-electron chi connectivity index (χ3n) is 8.92. The largest absolute Gasteiger partial charge is 0.153 e. The molecule has 0 aliphatic rings. The molecule has 0 spiro atoms. The number of hydrogen-bond acceptors (Lipinski definition) is 0. The highest BCUT2D eigenvalue weighted by Gasteiger charge is 2.40. The molecular weight excluding hydrogens is 547 g/mol. The molecule has 3 rings (SSSR count).